The number of aliphatic imine (C=N–C) groups is 1. The van der Waals surface area contributed by atoms with Crippen molar-refractivity contribution >= 4 is 17.3 Å². The lowest BCUT2D eigenvalue weighted by atomic mass is 10.2. The molecule has 8 nitrogen and oxygen atoms in total. The highest BCUT2D eigenvalue weighted by atomic mass is 32.1. The van der Waals surface area contributed by atoms with Crippen LogP contribution in [0.1, 0.15) is 29.0 Å². The SMILES string of the molecule is CN=C(NCc1nnc2n1CCC2)NCC(c1cccs1)N1CCOCC1. The molecule has 9 heteroatoms. The second kappa shape index (κ2) is 8.81. The van der Waals surface area contributed by atoms with Crippen molar-refractivity contribution in [1.82, 2.24) is 30.3 Å². The highest BCUT2D eigenvalue weighted by molar-refractivity contribution is 7.10. The van der Waals surface area contributed by atoms with Gasteiger partial charge in [0.15, 0.2) is 11.8 Å². The normalized spacial score (nSPS) is 19.1. The predicted octanol–water partition coefficient (Wildman–Crippen LogP) is 1.02. The van der Waals surface area contributed by atoms with Gasteiger partial charge in [-0.1, -0.05) is 6.07 Å². The van der Waals surface area contributed by atoms with Gasteiger partial charge >= 0.3 is 0 Å². The van der Waals surface area contributed by atoms with Crippen molar-refractivity contribution in [3.8, 4) is 0 Å². The maximum atomic E-state index is 5.52. The summed E-state index contributed by atoms with van der Waals surface area (Å²) in [6, 6.07) is 4.65. The van der Waals surface area contributed by atoms with E-state index in [-0.39, 0.29) is 0 Å². The summed E-state index contributed by atoms with van der Waals surface area (Å²) in [5.74, 6) is 2.87. The fourth-order valence-electron chi connectivity index (χ4n) is 3.70. The topological polar surface area (TPSA) is 79.6 Å². The minimum Gasteiger partial charge on any atom is -0.379 e. The highest BCUT2D eigenvalue weighted by Gasteiger charge is 2.24. The van der Waals surface area contributed by atoms with Crippen LogP contribution in [0, 0.1) is 0 Å². The van der Waals surface area contributed by atoms with Crippen molar-refractivity contribution in [2.45, 2.75) is 32.0 Å². The minimum atomic E-state index is 0.324. The molecular formula is C18H27N7OS. The summed E-state index contributed by atoms with van der Waals surface area (Å²) in [6.07, 6.45) is 2.19. The second-order valence-corrected chi connectivity index (χ2v) is 7.75. The highest BCUT2D eigenvalue weighted by Crippen LogP contribution is 2.25. The van der Waals surface area contributed by atoms with E-state index in [0.29, 0.717) is 12.6 Å². The number of morpholine rings is 1. The first kappa shape index (κ1) is 18.4. The van der Waals surface area contributed by atoms with Gasteiger partial charge in [-0.05, 0) is 17.9 Å². The second-order valence-electron chi connectivity index (χ2n) is 6.77. The lowest BCUT2D eigenvalue weighted by molar-refractivity contribution is 0.0177. The van der Waals surface area contributed by atoms with Crippen molar-refractivity contribution in [3.63, 3.8) is 0 Å². The number of ether oxygens (including phenoxy) is 1. The molecule has 1 saturated heterocycles. The molecule has 2 aromatic heterocycles. The molecule has 0 radical (unpaired) electrons. The Morgan fingerprint density at radius 2 is 2.19 bits per heavy atom. The molecule has 2 aliphatic heterocycles. The van der Waals surface area contributed by atoms with E-state index in [1.807, 2.05) is 0 Å². The fourth-order valence-corrected chi connectivity index (χ4v) is 4.56. The van der Waals surface area contributed by atoms with Crippen LogP contribution in [-0.4, -0.2) is 65.5 Å². The number of nitrogens with one attached hydrogen (secondary N) is 2. The maximum Gasteiger partial charge on any atom is 0.191 e. The maximum absolute atomic E-state index is 5.52. The van der Waals surface area contributed by atoms with Crippen molar-refractivity contribution in [2.75, 3.05) is 39.9 Å². The minimum absolute atomic E-state index is 0.324. The molecule has 0 aromatic carbocycles. The van der Waals surface area contributed by atoms with Crippen LogP contribution in [0.4, 0.5) is 0 Å². The van der Waals surface area contributed by atoms with Crippen molar-refractivity contribution < 1.29 is 4.74 Å². The van der Waals surface area contributed by atoms with Crippen LogP contribution in [0.5, 0.6) is 0 Å². The van der Waals surface area contributed by atoms with E-state index in [9.17, 15) is 0 Å². The van der Waals surface area contributed by atoms with Crippen LogP contribution in [0.2, 0.25) is 0 Å². The Labute approximate surface area is 163 Å². The van der Waals surface area contributed by atoms with E-state index in [2.05, 4.69) is 52.8 Å². The molecule has 1 fully saturated rings. The number of nitrogens with zero attached hydrogens (tertiary/aromatic N) is 5. The third kappa shape index (κ3) is 4.31. The number of hydrogen-bond acceptors (Lipinski definition) is 6. The Hall–Kier alpha value is -1.97. The molecule has 27 heavy (non-hydrogen) atoms. The number of hydrogen-bond donors (Lipinski definition) is 2. The van der Waals surface area contributed by atoms with E-state index >= 15 is 0 Å². The average Bonchev–Trinajstić information content (AvgIpc) is 3.44. The molecule has 1 atom stereocenters. The monoisotopic (exact) mass is 389 g/mol. The molecule has 1 unspecified atom stereocenters. The molecule has 4 rings (SSSR count). The van der Waals surface area contributed by atoms with Gasteiger partial charge in [-0.3, -0.25) is 9.89 Å². The van der Waals surface area contributed by atoms with Gasteiger partial charge in [0.1, 0.15) is 5.82 Å². The van der Waals surface area contributed by atoms with Gasteiger partial charge < -0.3 is 19.9 Å². The van der Waals surface area contributed by atoms with Crippen molar-refractivity contribution in [2.24, 2.45) is 4.99 Å². The van der Waals surface area contributed by atoms with Crippen LogP contribution in [-0.2, 0) is 24.2 Å². The summed E-state index contributed by atoms with van der Waals surface area (Å²) in [7, 11) is 1.80. The van der Waals surface area contributed by atoms with Crippen LogP contribution < -0.4 is 10.6 Å². The molecule has 2 N–H and O–H groups in total. The number of thiophene rings is 1. The Kier molecular flexibility index (Phi) is 6.00. The quantitative estimate of drug-likeness (QED) is 0.567. The molecule has 146 valence electrons. The third-order valence-electron chi connectivity index (χ3n) is 5.14. The van der Waals surface area contributed by atoms with Gasteiger partial charge in [0.2, 0.25) is 0 Å². The largest absolute Gasteiger partial charge is 0.379 e. The molecule has 0 saturated carbocycles. The van der Waals surface area contributed by atoms with E-state index in [1.54, 1.807) is 18.4 Å². The zero-order valence-corrected chi connectivity index (χ0v) is 16.5. The van der Waals surface area contributed by atoms with Gasteiger partial charge in [-0.15, -0.1) is 21.5 Å². The van der Waals surface area contributed by atoms with Gasteiger partial charge in [-0.2, -0.15) is 0 Å². The Balaban J connectivity index is 1.35. The van der Waals surface area contributed by atoms with Crippen LogP contribution in [0.15, 0.2) is 22.5 Å². The standard InChI is InChI=1S/C18H27N7OS/c1-19-18(21-13-17-23-22-16-5-2-6-25(16)17)20-12-14(15-4-3-11-27-15)24-7-9-26-10-8-24/h3-4,11,14H,2,5-10,12-13H2,1H3,(H2,19,20,21). The van der Waals surface area contributed by atoms with E-state index < -0.39 is 0 Å². The number of guanidine groups is 1. The Morgan fingerprint density at radius 3 is 2.96 bits per heavy atom. The first-order chi connectivity index (χ1) is 13.3. The Bertz CT molecular complexity index is 752. The van der Waals surface area contributed by atoms with Crippen molar-refractivity contribution in [1.29, 1.82) is 0 Å². The molecule has 0 aliphatic carbocycles. The van der Waals surface area contributed by atoms with E-state index in [0.717, 1.165) is 69.8 Å². The summed E-state index contributed by atoms with van der Waals surface area (Å²) >= 11 is 1.80. The lowest BCUT2D eigenvalue weighted by Crippen LogP contribution is -2.46. The average molecular weight is 390 g/mol. The van der Waals surface area contributed by atoms with Gasteiger partial charge in [-0.25, -0.2) is 0 Å². The first-order valence-electron chi connectivity index (χ1n) is 9.56. The summed E-state index contributed by atoms with van der Waals surface area (Å²) in [5.41, 5.74) is 0. The van der Waals surface area contributed by atoms with Crippen LogP contribution in [0.3, 0.4) is 0 Å². The van der Waals surface area contributed by atoms with Crippen LogP contribution in [0.25, 0.3) is 0 Å². The molecule has 0 spiro atoms. The summed E-state index contributed by atoms with van der Waals surface area (Å²) in [4.78, 5) is 8.23. The zero-order valence-electron chi connectivity index (χ0n) is 15.7. The molecule has 0 amide bonds. The van der Waals surface area contributed by atoms with Gasteiger partial charge in [0.05, 0.1) is 25.8 Å². The summed E-state index contributed by atoms with van der Waals surface area (Å²) in [6.45, 7) is 5.97. The third-order valence-corrected chi connectivity index (χ3v) is 6.12. The Morgan fingerprint density at radius 1 is 1.30 bits per heavy atom. The van der Waals surface area contributed by atoms with Gasteiger partial charge in [0.25, 0.3) is 0 Å². The van der Waals surface area contributed by atoms with Gasteiger partial charge in [0, 0.05) is 44.5 Å². The molecule has 2 aromatic rings. The summed E-state index contributed by atoms with van der Waals surface area (Å²) < 4.78 is 7.73. The molecule has 2 aliphatic rings. The summed E-state index contributed by atoms with van der Waals surface area (Å²) in [5, 5.41) is 17.6. The lowest BCUT2D eigenvalue weighted by Gasteiger charge is -2.34. The number of rotatable bonds is 6. The number of aromatic nitrogens is 3. The smallest absolute Gasteiger partial charge is 0.191 e. The molecular weight excluding hydrogens is 362 g/mol. The first-order valence-corrected chi connectivity index (χ1v) is 10.4. The number of aryl methyl sites for hydroxylation is 1. The predicted molar refractivity (Wildman–Crippen MR) is 106 cm³/mol. The van der Waals surface area contributed by atoms with Crippen molar-refractivity contribution in [3.05, 3.63) is 34.0 Å². The molecule has 4 heterocycles. The fraction of sp³-hybridized carbons (Fsp3) is 0.611. The van der Waals surface area contributed by atoms with E-state index in [1.165, 1.54) is 4.88 Å². The molecule has 0 bridgehead atoms. The number of fused-ring (bicyclic) bond motifs is 1. The zero-order chi connectivity index (χ0) is 18.5. The van der Waals surface area contributed by atoms with E-state index in [4.69, 9.17) is 4.74 Å². The van der Waals surface area contributed by atoms with Crippen LogP contribution >= 0.6 is 11.3 Å².